The third kappa shape index (κ3) is 5.30. The van der Waals surface area contributed by atoms with Crippen molar-refractivity contribution in [2.75, 3.05) is 17.2 Å². The monoisotopic (exact) mass is 376 g/mol. The Morgan fingerprint density at radius 2 is 1.89 bits per heavy atom. The Labute approximate surface area is 162 Å². The minimum atomic E-state index is -0.327. The van der Waals surface area contributed by atoms with Gasteiger partial charge in [0.1, 0.15) is 5.69 Å². The van der Waals surface area contributed by atoms with E-state index in [4.69, 9.17) is 16.9 Å². The summed E-state index contributed by atoms with van der Waals surface area (Å²) in [5.74, 6) is -0.327. The van der Waals surface area contributed by atoms with Gasteiger partial charge in [0, 0.05) is 29.1 Å². The molecule has 0 aliphatic carbocycles. The van der Waals surface area contributed by atoms with Crippen LogP contribution in [0.25, 0.3) is 0 Å². The molecule has 2 aromatic carbocycles. The zero-order valence-corrected chi connectivity index (χ0v) is 15.2. The molecule has 0 fully saturated rings. The van der Waals surface area contributed by atoms with E-state index in [1.54, 1.807) is 36.5 Å². The number of carbonyl (C=O) groups is 1. The van der Waals surface area contributed by atoms with Crippen molar-refractivity contribution < 1.29 is 4.79 Å². The molecule has 134 valence electrons. The van der Waals surface area contributed by atoms with Gasteiger partial charge in [0.15, 0.2) is 0 Å². The minimum Gasteiger partial charge on any atom is -0.385 e. The van der Waals surface area contributed by atoms with Crippen LogP contribution in [0.4, 0.5) is 11.4 Å². The molecule has 0 aliphatic heterocycles. The number of nitrogens with one attached hydrogen (secondary N) is 2. The molecule has 0 aliphatic rings. The molecule has 6 heteroatoms. The van der Waals surface area contributed by atoms with Crippen LogP contribution >= 0.6 is 11.6 Å². The van der Waals surface area contributed by atoms with Crippen LogP contribution in [0, 0.1) is 11.3 Å². The maximum atomic E-state index is 12.4. The van der Waals surface area contributed by atoms with E-state index in [0.29, 0.717) is 16.9 Å². The summed E-state index contributed by atoms with van der Waals surface area (Å²) in [5, 5.41) is 15.7. The van der Waals surface area contributed by atoms with Crippen LogP contribution in [0.1, 0.15) is 21.6 Å². The number of benzene rings is 2. The molecular weight excluding hydrogens is 360 g/mol. The summed E-state index contributed by atoms with van der Waals surface area (Å²) in [6.45, 7) is 0.719. The fraction of sp³-hybridized carbons (Fsp3) is 0.0952. The molecular formula is C21H17ClN4O. The lowest BCUT2D eigenvalue weighted by Crippen LogP contribution is -2.14. The van der Waals surface area contributed by atoms with Crippen molar-refractivity contribution in [1.29, 1.82) is 5.26 Å². The Kier molecular flexibility index (Phi) is 6.03. The van der Waals surface area contributed by atoms with E-state index in [1.807, 2.05) is 36.4 Å². The Balaban J connectivity index is 1.59. The highest BCUT2D eigenvalue weighted by atomic mass is 35.5. The Morgan fingerprint density at radius 1 is 1.07 bits per heavy atom. The van der Waals surface area contributed by atoms with Crippen LogP contribution in [-0.4, -0.2) is 17.4 Å². The van der Waals surface area contributed by atoms with Gasteiger partial charge >= 0.3 is 0 Å². The number of anilines is 2. The molecule has 1 heterocycles. The van der Waals surface area contributed by atoms with E-state index in [0.717, 1.165) is 23.7 Å². The van der Waals surface area contributed by atoms with Crippen LogP contribution in [0.3, 0.4) is 0 Å². The second-order valence-electron chi connectivity index (χ2n) is 5.88. The highest BCUT2D eigenvalue weighted by molar-refractivity contribution is 6.30. The summed E-state index contributed by atoms with van der Waals surface area (Å²) in [6, 6.07) is 20.0. The zero-order valence-electron chi connectivity index (χ0n) is 14.4. The van der Waals surface area contributed by atoms with E-state index in [1.165, 1.54) is 5.56 Å². The summed E-state index contributed by atoms with van der Waals surface area (Å²) in [7, 11) is 0. The van der Waals surface area contributed by atoms with Gasteiger partial charge in [-0.15, -0.1) is 0 Å². The van der Waals surface area contributed by atoms with Crippen LogP contribution in [0.5, 0.6) is 0 Å². The Hall–Kier alpha value is -3.36. The number of aromatic nitrogens is 1. The molecule has 0 unspecified atom stereocenters. The number of amides is 1. The highest BCUT2D eigenvalue weighted by Gasteiger charge is 2.09. The summed E-state index contributed by atoms with van der Waals surface area (Å²) < 4.78 is 0. The van der Waals surface area contributed by atoms with Gasteiger partial charge in [-0.3, -0.25) is 9.78 Å². The standard InChI is InChI=1S/C21H17ClN4O/c22-17-6-4-15(5-7-17)8-10-24-18-9-11-25-20(13-18)21(27)26-19-3-1-2-16(12-19)14-23/h1-7,9,11-13H,8,10H2,(H,24,25)(H,26,27). The van der Waals surface area contributed by atoms with Crippen molar-refractivity contribution >= 4 is 28.9 Å². The fourth-order valence-corrected chi connectivity index (χ4v) is 2.65. The van der Waals surface area contributed by atoms with Gasteiger partial charge in [0.2, 0.25) is 0 Å². The lowest BCUT2D eigenvalue weighted by Gasteiger charge is -2.09. The summed E-state index contributed by atoms with van der Waals surface area (Å²) in [5.41, 5.74) is 3.33. The third-order valence-electron chi connectivity index (χ3n) is 3.90. The third-order valence-corrected chi connectivity index (χ3v) is 4.15. The predicted molar refractivity (Wildman–Crippen MR) is 107 cm³/mol. The van der Waals surface area contributed by atoms with E-state index < -0.39 is 0 Å². The smallest absolute Gasteiger partial charge is 0.274 e. The number of nitrogens with zero attached hydrogens (tertiary/aromatic N) is 2. The number of carbonyl (C=O) groups excluding carboxylic acids is 1. The van der Waals surface area contributed by atoms with E-state index in [9.17, 15) is 4.79 Å². The second kappa shape index (κ2) is 8.84. The first kappa shape index (κ1) is 18.4. The summed E-state index contributed by atoms with van der Waals surface area (Å²) in [6.07, 6.45) is 2.42. The van der Waals surface area contributed by atoms with Crippen molar-refractivity contribution in [2.45, 2.75) is 6.42 Å². The molecule has 3 rings (SSSR count). The van der Waals surface area contributed by atoms with Gasteiger partial charge in [-0.25, -0.2) is 0 Å². The average Bonchev–Trinajstić information content (AvgIpc) is 2.70. The lowest BCUT2D eigenvalue weighted by atomic mass is 10.1. The normalized spacial score (nSPS) is 10.1. The number of pyridine rings is 1. The lowest BCUT2D eigenvalue weighted by molar-refractivity contribution is 0.102. The fourth-order valence-electron chi connectivity index (χ4n) is 2.53. The number of hydrogen-bond acceptors (Lipinski definition) is 4. The maximum Gasteiger partial charge on any atom is 0.274 e. The molecule has 27 heavy (non-hydrogen) atoms. The molecule has 5 nitrogen and oxygen atoms in total. The van der Waals surface area contributed by atoms with Crippen LogP contribution < -0.4 is 10.6 Å². The molecule has 1 aromatic heterocycles. The van der Waals surface area contributed by atoms with Crippen molar-refractivity contribution in [1.82, 2.24) is 4.98 Å². The Bertz CT molecular complexity index is 980. The van der Waals surface area contributed by atoms with Gasteiger partial charge in [-0.2, -0.15) is 5.26 Å². The number of rotatable bonds is 6. The van der Waals surface area contributed by atoms with Gasteiger partial charge in [0.05, 0.1) is 11.6 Å². The number of hydrogen-bond donors (Lipinski definition) is 2. The summed E-state index contributed by atoms with van der Waals surface area (Å²) in [4.78, 5) is 16.5. The van der Waals surface area contributed by atoms with E-state index in [2.05, 4.69) is 15.6 Å². The molecule has 0 bridgehead atoms. The first-order valence-corrected chi connectivity index (χ1v) is 8.78. The highest BCUT2D eigenvalue weighted by Crippen LogP contribution is 2.14. The molecule has 0 spiro atoms. The summed E-state index contributed by atoms with van der Waals surface area (Å²) >= 11 is 5.89. The molecule has 0 saturated heterocycles. The quantitative estimate of drug-likeness (QED) is 0.663. The predicted octanol–water partition coefficient (Wildman–Crippen LogP) is 4.51. The average molecular weight is 377 g/mol. The van der Waals surface area contributed by atoms with Gasteiger partial charge in [-0.1, -0.05) is 29.8 Å². The topological polar surface area (TPSA) is 77.8 Å². The van der Waals surface area contributed by atoms with Crippen molar-refractivity contribution in [3.05, 3.63) is 88.7 Å². The van der Waals surface area contributed by atoms with Crippen LogP contribution in [0.2, 0.25) is 5.02 Å². The first-order valence-electron chi connectivity index (χ1n) is 8.40. The largest absolute Gasteiger partial charge is 0.385 e. The molecule has 0 saturated carbocycles. The molecule has 2 N–H and O–H groups in total. The van der Waals surface area contributed by atoms with E-state index in [-0.39, 0.29) is 5.91 Å². The number of halogens is 1. The second-order valence-corrected chi connectivity index (χ2v) is 6.32. The molecule has 3 aromatic rings. The number of nitriles is 1. The van der Waals surface area contributed by atoms with E-state index >= 15 is 0 Å². The zero-order chi connectivity index (χ0) is 19.1. The van der Waals surface area contributed by atoms with Crippen molar-refractivity contribution in [2.24, 2.45) is 0 Å². The molecule has 0 radical (unpaired) electrons. The van der Waals surface area contributed by atoms with Crippen molar-refractivity contribution in [3.8, 4) is 6.07 Å². The SMILES string of the molecule is N#Cc1cccc(NC(=O)c2cc(NCCc3ccc(Cl)cc3)ccn2)c1. The first-order chi connectivity index (χ1) is 13.1. The van der Waals surface area contributed by atoms with Crippen molar-refractivity contribution in [3.63, 3.8) is 0 Å². The molecule has 1 amide bonds. The minimum absolute atomic E-state index is 0.300. The Morgan fingerprint density at radius 3 is 2.67 bits per heavy atom. The maximum absolute atomic E-state index is 12.4. The van der Waals surface area contributed by atoms with Gasteiger partial charge in [0.25, 0.3) is 5.91 Å². The molecule has 0 atom stereocenters. The van der Waals surface area contributed by atoms with Crippen LogP contribution in [-0.2, 0) is 6.42 Å². The van der Waals surface area contributed by atoms with Gasteiger partial charge < -0.3 is 10.6 Å². The van der Waals surface area contributed by atoms with Crippen LogP contribution in [0.15, 0.2) is 66.9 Å². The van der Waals surface area contributed by atoms with Gasteiger partial charge in [-0.05, 0) is 54.4 Å².